The van der Waals surface area contributed by atoms with Crippen LogP contribution in [0.5, 0.6) is 0 Å². The number of hydrogen-bond donors (Lipinski definition) is 2. The molecule has 3 aromatic rings. The lowest BCUT2D eigenvalue weighted by atomic mass is 9.95. The van der Waals surface area contributed by atoms with Crippen LogP contribution in [0.3, 0.4) is 0 Å². The lowest BCUT2D eigenvalue weighted by molar-refractivity contribution is -0.121. The third-order valence-corrected chi connectivity index (χ3v) is 6.07. The molecule has 0 bridgehead atoms. The first-order valence-corrected chi connectivity index (χ1v) is 11.2. The molecule has 3 heterocycles. The van der Waals surface area contributed by atoms with Crippen molar-refractivity contribution in [3.63, 3.8) is 0 Å². The standard InChI is InChI=1S/C23H23N5O3S/c1-15(29)25-19-4-2-16(3-5-19)20-14-32-23(26-20)27-21(30)17-8-12-28(13-9-17)22(31)18-6-10-24-11-7-18/h2-7,10-11,14,17H,8-9,12-13H2,1H3,(H,25,29)(H,26,27,30). The van der Waals surface area contributed by atoms with Crippen molar-refractivity contribution in [3.05, 3.63) is 59.7 Å². The number of pyridine rings is 1. The third-order valence-electron chi connectivity index (χ3n) is 5.32. The van der Waals surface area contributed by atoms with Crippen molar-refractivity contribution in [2.45, 2.75) is 19.8 Å². The van der Waals surface area contributed by atoms with Gasteiger partial charge in [0, 0.05) is 60.5 Å². The van der Waals surface area contributed by atoms with Gasteiger partial charge in [-0.2, -0.15) is 0 Å². The molecule has 4 rings (SSSR count). The van der Waals surface area contributed by atoms with E-state index in [1.165, 1.54) is 18.3 Å². The van der Waals surface area contributed by atoms with E-state index in [-0.39, 0.29) is 23.6 Å². The second kappa shape index (κ2) is 9.69. The molecule has 9 heteroatoms. The van der Waals surface area contributed by atoms with Crippen molar-refractivity contribution in [3.8, 4) is 11.3 Å². The summed E-state index contributed by atoms with van der Waals surface area (Å²) in [5.74, 6) is -0.368. The monoisotopic (exact) mass is 449 g/mol. The van der Waals surface area contributed by atoms with Crippen molar-refractivity contribution < 1.29 is 14.4 Å². The first-order valence-electron chi connectivity index (χ1n) is 10.3. The normalized spacial score (nSPS) is 14.1. The number of benzene rings is 1. The number of likely N-dealkylation sites (tertiary alicyclic amines) is 1. The van der Waals surface area contributed by atoms with Gasteiger partial charge in [-0.1, -0.05) is 12.1 Å². The van der Waals surface area contributed by atoms with E-state index in [1.807, 2.05) is 29.6 Å². The smallest absolute Gasteiger partial charge is 0.253 e. The van der Waals surface area contributed by atoms with Gasteiger partial charge in [-0.3, -0.25) is 19.4 Å². The largest absolute Gasteiger partial charge is 0.339 e. The molecule has 0 unspecified atom stereocenters. The minimum Gasteiger partial charge on any atom is -0.339 e. The van der Waals surface area contributed by atoms with Crippen LogP contribution in [0.25, 0.3) is 11.3 Å². The fourth-order valence-electron chi connectivity index (χ4n) is 3.62. The van der Waals surface area contributed by atoms with Crippen LogP contribution in [-0.4, -0.2) is 45.7 Å². The summed E-state index contributed by atoms with van der Waals surface area (Å²) in [5, 5.41) is 8.08. The lowest BCUT2D eigenvalue weighted by Gasteiger charge is -2.31. The summed E-state index contributed by atoms with van der Waals surface area (Å²) in [6, 6.07) is 10.8. The lowest BCUT2D eigenvalue weighted by Crippen LogP contribution is -2.41. The number of aromatic nitrogens is 2. The van der Waals surface area contributed by atoms with Gasteiger partial charge in [0.2, 0.25) is 11.8 Å². The molecule has 2 aromatic heterocycles. The molecule has 3 amide bonds. The van der Waals surface area contributed by atoms with Crippen LogP contribution in [-0.2, 0) is 9.59 Å². The zero-order valence-electron chi connectivity index (χ0n) is 17.6. The van der Waals surface area contributed by atoms with Gasteiger partial charge in [-0.05, 0) is 37.1 Å². The number of nitrogens with one attached hydrogen (secondary N) is 2. The van der Waals surface area contributed by atoms with Crippen LogP contribution < -0.4 is 10.6 Å². The maximum atomic E-state index is 12.7. The molecule has 0 radical (unpaired) electrons. The first-order chi connectivity index (χ1) is 15.5. The van der Waals surface area contributed by atoms with E-state index in [0.717, 1.165) is 16.9 Å². The maximum absolute atomic E-state index is 12.7. The molecular formula is C23H23N5O3S. The highest BCUT2D eigenvalue weighted by atomic mass is 32.1. The summed E-state index contributed by atoms with van der Waals surface area (Å²) < 4.78 is 0. The van der Waals surface area contributed by atoms with Crippen LogP contribution in [0.4, 0.5) is 10.8 Å². The van der Waals surface area contributed by atoms with E-state index in [0.29, 0.717) is 36.6 Å². The van der Waals surface area contributed by atoms with Gasteiger partial charge in [-0.25, -0.2) is 4.98 Å². The van der Waals surface area contributed by atoms with Crippen LogP contribution >= 0.6 is 11.3 Å². The third kappa shape index (κ3) is 5.17. The molecule has 8 nitrogen and oxygen atoms in total. The fraction of sp³-hybridized carbons (Fsp3) is 0.261. The zero-order chi connectivity index (χ0) is 22.5. The molecule has 1 fully saturated rings. The molecule has 2 N–H and O–H groups in total. The highest BCUT2D eigenvalue weighted by Crippen LogP contribution is 2.27. The van der Waals surface area contributed by atoms with Crippen LogP contribution in [0.15, 0.2) is 54.2 Å². The summed E-state index contributed by atoms with van der Waals surface area (Å²) in [5.41, 5.74) is 3.00. The number of carbonyl (C=O) groups is 3. The fourth-order valence-corrected chi connectivity index (χ4v) is 4.34. The van der Waals surface area contributed by atoms with Gasteiger partial charge in [0.05, 0.1) is 5.69 Å². The van der Waals surface area contributed by atoms with Crippen molar-refractivity contribution in [1.29, 1.82) is 0 Å². The quantitative estimate of drug-likeness (QED) is 0.619. The Balaban J connectivity index is 1.31. The number of nitrogens with zero attached hydrogens (tertiary/aromatic N) is 3. The summed E-state index contributed by atoms with van der Waals surface area (Å²) in [7, 11) is 0. The van der Waals surface area contributed by atoms with Crippen LogP contribution in [0.1, 0.15) is 30.1 Å². The van der Waals surface area contributed by atoms with Crippen LogP contribution in [0.2, 0.25) is 0 Å². The maximum Gasteiger partial charge on any atom is 0.253 e. The van der Waals surface area contributed by atoms with Crippen molar-refractivity contribution in [2.24, 2.45) is 5.92 Å². The predicted molar refractivity (Wildman–Crippen MR) is 123 cm³/mol. The number of thiazole rings is 1. The molecule has 0 spiro atoms. The molecule has 0 aliphatic carbocycles. The van der Waals surface area contributed by atoms with E-state index in [4.69, 9.17) is 0 Å². The minimum absolute atomic E-state index is 0.0275. The summed E-state index contributed by atoms with van der Waals surface area (Å²) in [6.07, 6.45) is 4.44. The Kier molecular flexibility index (Phi) is 6.55. The SMILES string of the molecule is CC(=O)Nc1ccc(-c2csc(NC(=O)C3CCN(C(=O)c4ccncc4)CC3)n2)cc1. The second-order valence-electron chi connectivity index (χ2n) is 7.59. The van der Waals surface area contributed by atoms with E-state index in [2.05, 4.69) is 20.6 Å². The minimum atomic E-state index is -0.152. The van der Waals surface area contributed by atoms with Gasteiger partial charge >= 0.3 is 0 Å². The number of piperidine rings is 1. The molecule has 1 saturated heterocycles. The number of carbonyl (C=O) groups excluding carboxylic acids is 3. The molecule has 0 saturated carbocycles. The topological polar surface area (TPSA) is 104 Å². The average Bonchev–Trinajstić information content (AvgIpc) is 3.28. The van der Waals surface area contributed by atoms with Gasteiger partial charge < -0.3 is 15.5 Å². The summed E-state index contributed by atoms with van der Waals surface area (Å²) >= 11 is 1.37. The Labute approximate surface area is 189 Å². The highest BCUT2D eigenvalue weighted by molar-refractivity contribution is 7.14. The zero-order valence-corrected chi connectivity index (χ0v) is 18.4. The molecular weight excluding hydrogens is 426 g/mol. The molecule has 1 aliphatic rings. The van der Waals surface area contributed by atoms with Crippen molar-refractivity contribution in [1.82, 2.24) is 14.9 Å². The van der Waals surface area contributed by atoms with E-state index in [9.17, 15) is 14.4 Å². The Hall–Kier alpha value is -3.59. The van der Waals surface area contributed by atoms with E-state index in [1.54, 1.807) is 29.4 Å². The molecule has 0 atom stereocenters. The highest BCUT2D eigenvalue weighted by Gasteiger charge is 2.28. The van der Waals surface area contributed by atoms with E-state index < -0.39 is 0 Å². The average molecular weight is 450 g/mol. The van der Waals surface area contributed by atoms with E-state index >= 15 is 0 Å². The van der Waals surface area contributed by atoms with Crippen molar-refractivity contribution in [2.75, 3.05) is 23.7 Å². The Bertz CT molecular complexity index is 1110. The second-order valence-corrected chi connectivity index (χ2v) is 8.45. The molecule has 1 aromatic carbocycles. The Morgan fingerprint density at radius 3 is 2.34 bits per heavy atom. The number of amides is 3. The van der Waals surface area contributed by atoms with Gasteiger partial charge in [0.1, 0.15) is 0 Å². The van der Waals surface area contributed by atoms with Crippen molar-refractivity contribution >= 4 is 39.9 Å². The predicted octanol–water partition coefficient (Wildman–Crippen LogP) is 3.65. The first kappa shape index (κ1) is 21.6. The molecule has 164 valence electrons. The van der Waals surface area contributed by atoms with Gasteiger partial charge in [0.25, 0.3) is 5.91 Å². The van der Waals surface area contributed by atoms with Gasteiger partial charge in [0.15, 0.2) is 5.13 Å². The molecule has 1 aliphatic heterocycles. The molecule has 32 heavy (non-hydrogen) atoms. The number of hydrogen-bond acceptors (Lipinski definition) is 6. The summed E-state index contributed by atoms with van der Waals surface area (Å²) in [6.45, 7) is 2.55. The Morgan fingerprint density at radius 2 is 1.69 bits per heavy atom. The summed E-state index contributed by atoms with van der Waals surface area (Å²) in [4.78, 5) is 46.6. The number of anilines is 2. The number of rotatable bonds is 5. The van der Waals surface area contributed by atoms with Crippen LogP contribution in [0, 0.1) is 5.92 Å². The van der Waals surface area contributed by atoms with Gasteiger partial charge in [-0.15, -0.1) is 11.3 Å². The Morgan fingerprint density at radius 1 is 1.00 bits per heavy atom.